The molecule has 1 aromatic carbocycles. The molecule has 6 heteroatoms. The summed E-state index contributed by atoms with van der Waals surface area (Å²) in [5, 5.41) is 10.3. The molecule has 0 aliphatic heterocycles. The molecule has 0 aliphatic rings. The highest BCUT2D eigenvalue weighted by Crippen LogP contribution is 2.32. The number of phenolic OH excluding ortho intramolecular Hbond substituents is 1. The van der Waals surface area contributed by atoms with Gasteiger partial charge in [0.25, 0.3) is 0 Å². The van der Waals surface area contributed by atoms with Crippen molar-refractivity contribution < 1.29 is 18.1 Å². The number of hydrogen-bond acceptors (Lipinski definition) is 5. The van der Waals surface area contributed by atoms with E-state index in [-0.39, 0.29) is 5.52 Å². The molecule has 0 saturated heterocycles. The maximum atomic E-state index is 10.9. The van der Waals surface area contributed by atoms with E-state index in [1.807, 2.05) is 0 Å². The van der Waals surface area contributed by atoms with Gasteiger partial charge in [-0.1, -0.05) is 6.07 Å². The largest absolute Gasteiger partial charge is 0.744 e. The maximum Gasteiger partial charge on any atom is 0.159 e. The number of rotatable bonds is 1. The minimum atomic E-state index is -4.69. The molecule has 1 heterocycles. The van der Waals surface area contributed by atoms with Crippen LogP contribution in [0.15, 0.2) is 29.3 Å². The molecule has 5 nitrogen and oxygen atoms in total. The number of aromatic nitrogens is 1. The average molecular weight is 238 g/mol. The van der Waals surface area contributed by atoms with E-state index in [1.54, 1.807) is 19.1 Å². The van der Waals surface area contributed by atoms with Crippen LogP contribution >= 0.6 is 0 Å². The summed E-state index contributed by atoms with van der Waals surface area (Å²) in [7, 11) is -4.69. The van der Waals surface area contributed by atoms with E-state index in [2.05, 4.69) is 4.98 Å². The van der Waals surface area contributed by atoms with Crippen LogP contribution in [0.2, 0.25) is 0 Å². The van der Waals surface area contributed by atoms with Crippen LogP contribution in [-0.2, 0) is 10.1 Å². The summed E-state index contributed by atoms with van der Waals surface area (Å²) in [6.07, 6.45) is 1.42. The Balaban J connectivity index is 2.97. The second-order valence-corrected chi connectivity index (χ2v) is 4.74. The van der Waals surface area contributed by atoms with Crippen LogP contribution in [0.3, 0.4) is 0 Å². The third-order valence-corrected chi connectivity index (χ3v) is 3.16. The number of benzene rings is 1. The molecular formula is C10H8NO4S-. The number of phenols is 1. The standard InChI is InChI=1S/C10H9NO4S/c1-6-5-8(16(13,14)15)10(12)9-7(6)3-2-4-11-9/h2-5,12H,1H3,(H,13,14,15)/p-1. The lowest BCUT2D eigenvalue weighted by Gasteiger charge is -2.12. The van der Waals surface area contributed by atoms with Gasteiger partial charge in [-0.05, 0) is 24.6 Å². The van der Waals surface area contributed by atoms with Crippen LogP contribution in [0.25, 0.3) is 10.9 Å². The number of fused-ring (bicyclic) bond motifs is 1. The van der Waals surface area contributed by atoms with E-state index < -0.39 is 20.8 Å². The normalized spacial score (nSPS) is 11.9. The van der Waals surface area contributed by atoms with Crippen molar-refractivity contribution in [2.75, 3.05) is 0 Å². The molecule has 0 fully saturated rings. The Bertz CT molecular complexity index is 664. The second-order valence-electron chi connectivity index (χ2n) is 3.39. The highest BCUT2D eigenvalue weighted by atomic mass is 32.2. The lowest BCUT2D eigenvalue weighted by atomic mass is 10.1. The molecule has 0 unspecified atom stereocenters. The van der Waals surface area contributed by atoms with E-state index in [0.29, 0.717) is 10.9 Å². The van der Waals surface area contributed by atoms with Crippen molar-refractivity contribution in [2.45, 2.75) is 11.8 Å². The Hall–Kier alpha value is -1.66. The summed E-state index contributed by atoms with van der Waals surface area (Å²) < 4.78 is 32.7. The lowest BCUT2D eigenvalue weighted by Crippen LogP contribution is -2.00. The summed E-state index contributed by atoms with van der Waals surface area (Å²) in [6.45, 7) is 1.65. The van der Waals surface area contributed by atoms with Crippen molar-refractivity contribution in [2.24, 2.45) is 0 Å². The van der Waals surface area contributed by atoms with E-state index in [1.165, 1.54) is 6.20 Å². The minimum absolute atomic E-state index is 0.122. The molecule has 84 valence electrons. The zero-order valence-electron chi connectivity index (χ0n) is 8.34. The monoisotopic (exact) mass is 238 g/mol. The Labute approximate surface area is 92.1 Å². The van der Waals surface area contributed by atoms with E-state index in [4.69, 9.17) is 0 Å². The maximum absolute atomic E-state index is 10.9. The van der Waals surface area contributed by atoms with Crippen LogP contribution < -0.4 is 0 Å². The summed E-state index contributed by atoms with van der Waals surface area (Å²) in [5.41, 5.74) is 0.701. The molecule has 2 aromatic rings. The molecule has 0 bridgehead atoms. The number of aromatic hydroxyl groups is 1. The number of pyridine rings is 1. The van der Waals surface area contributed by atoms with Gasteiger partial charge in [0.15, 0.2) is 5.75 Å². The highest BCUT2D eigenvalue weighted by molar-refractivity contribution is 7.85. The quantitative estimate of drug-likeness (QED) is 0.752. The van der Waals surface area contributed by atoms with Gasteiger partial charge in [-0.15, -0.1) is 0 Å². The summed E-state index contributed by atoms with van der Waals surface area (Å²) in [5.74, 6) is -0.587. The topological polar surface area (TPSA) is 90.3 Å². The molecule has 16 heavy (non-hydrogen) atoms. The molecule has 2 rings (SSSR count). The Morgan fingerprint density at radius 3 is 2.75 bits per heavy atom. The minimum Gasteiger partial charge on any atom is -0.744 e. The van der Waals surface area contributed by atoms with E-state index >= 15 is 0 Å². The second kappa shape index (κ2) is 3.43. The van der Waals surface area contributed by atoms with Gasteiger partial charge in [-0.2, -0.15) is 0 Å². The van der Waals surface area contributed by atoms with Gasteiger partial charge in [0.1, 0.15) is 15.6 Å². The van der Waals surface area contributed by atoms with Crippen molar-refractivity contribution in [3.63, 3.8) is 0 Å². The van der Waals surface area contributed by atoms with Crippen LogP contribution in [0, 0.1) is 6.92 Å². The van der Waals surface area contributed by atoms with Crippen molar-refractivity contribution in [1.29, 1.82) is 0 Å². The number of hydrogen-bond donors (Lipinski definition) is 1. The van der Waals surface area contributed by atoms with E-state index in [0.717, 1.165) is 6.07 Å². The first kappa shape index (κ1) is 10.8. The third kappa shape index (κ3) is 1.62. The number of nitrogens with zero attached hydrogens (tertiary/aromatic N) is 1. The zero-order valence-corrected chi connectivity index (χ0v) is 9.15. The van der Waals surface area contributed by atoms with Crippen molar-refractivity contribution in [3.8, 4) is 5.75 Å². The predicted molar refractivity (Wildman–Crippen MR) is 56.1 cm³/mol. The SMILES string of the molecule is Cc1cc(S(=O)(=O)[O-])c(O)c2ncccc12. The Kier molecular flexibility index (Phi) is 2.32. The van der Waals surface area contributed by atoms with Gasteiger partial charge in [-0.3, -0.25) is 4.98 Å². The molecule has 0 amide bonds. The van der Waals surface area contributed by atoms with Crippen LogP contribution in [-0.4, -0.2) is 23.1 Å². The molecule has 0 saturated carbocycles. The van der Waals surface area contributed by atoms with Gasteiger partial charge in [0.05, 0.1) is 4.90 Å². The average Bonchev–Trinajstić information content (AvgIpc) is 2.22. The predicted octanol–water partition coefficient (Wildman–Crippen LogP) is 1.15. The highest BCUT2D eigenvalue weighted by Gasteiger charge is 2.14. The third-order valence-electron chi connectivity index (χ3n) is 2.31. The van der Waals surface area contributed by atoms with Gasteiger partial charge in [-0.25, -0.2) is 8.42 Å². The van der Waals surface area contributed by atoms with Gasteiger partial charge < -0.3 is 9.66 Å². The lowest BCUT2D eigenvalue weighted by molar-refractivity contribution is 0.438. The van der Waals surface area contributed by atoms with Crippen LogP contribution in [0.4, 0.5) is 0 Å². The summed E-state index contributed by atoms with van der Waals surface area (Å²) >= 11 is 0. The molecule has 1 N–H and O–H groups in total. The first-order chi connectivity index (χ1) is 7.41. The van der Waals surface area contributed by atoms with Gasteiger partial charge >= 0.3 is 0 Å². The summed E-state index contributed by atoms with van der Waals surface area (Å²) in [6, 6.07) is 4.51. The molecule has 0 aliphatic carbocycles. The van der Waals surface area contributed by atoms with E-state index in [9.17, 15) is 18.1 Å². The van der Waals surface area contributed by atoms with Crippen LogP contribution in [0.1, 0.15) is 5.56 Å². The van der Waals surface area contributed by atoms with Crippen LogP contribution in [0.5, 0.6) is 5.75 Å². The summed E-state index contributed by atoms with van der Waals surface area (Å²) in [4.78, 5) is 3.23. The Morgan fingerprint density at radius 2 is 2.12 bits per heavy atom. The smallest absolute Gasteiger partial charge is 0.159 e. The molecular weight excluding hydrogens is 230 g/mol. The first-order valence-corrected chi connectivity index (χ1v) is 5.85. The molecule has 0 atom stereocenters. The van der Waals surface area contributed by atoms with Crippen molar-refractivity contribution >= 4 is 21.0 Å². The van der Waals surface area contributed by atoms with Gasteiger partial charge in [0.2, 0.25) is 0 Å². The zero-order chi connectivity index (χ0) is 11.9. The molecule has 1 aromatic heterocycles. The fourth-order valence-corrected chi connectivity index (χ4v) is 2.22. The fraction of sp³-hybridized carbons (Fsp3) is 0.100. The molecule has 0 spiro atoms. The molecule has 0 radical (unpaired) electrons. The fourth-order valence-electron chi connectivity index (χ4n) is 1.56. The van der Waals surface area contributed by atoms with Crippen molar-refractivity contribution in [1.82, 2.24) is 4.98 Å². The van der Waals surface area contributed by atoms with Gasteiger partial charge in [0, 0.05) is 11.6 Å². The van der Waals surface area contributed by atoms with Crippen molar-refractivity contribution in [3.05, 3.63) is 30.0 Å². The first-order valence-electron chi connectivity index (χ1n) is 4.44. The Morgan fingerprint density at radius 1 is 1.44 bits per heavy atom. The number of aryl methyl sites for hydroxylation is 1.